The van der Waals surface area contributed by atoms with Crippen LogP contribution in [0.1, 0.15) is 66.3 Å². The van der Waals surface area contributed by atoms with Crippen molar-refractivity contribution in [1.82, 2.24) is 14.7 Å². The first-order valence-corrected chi connectivity index (χ1v) is 12.4. The smallest absolute Gasteiger partial charge is 0.308 e. The van der Waals surface area contributed by atoms with Crippen LogP contribution in [0.25, 0.3) is 5.69 Å². The summed E-state index contributed by atoms with van der Waals surface area (Å²) in [7, 11) is 1.64. The summed E-state index contributed by atoms with van der Waals surface area (Å²) in [5.74, 6) is -1.61. The van der Waals surface area contributed by atoms with E-state index in [9.17, 15) is 23.5 Å². The minimum atomic E-state index is -0.744. The highest BCUT2D eigenvalue weighted by atomic mass is 19.1. The lowest BCUT2D eigenvalue weighted by Gasteiger charge is -2.26. The van der Waals surface area contributed by atoms with Crippen molar-refractivity contribution >= 4 is 11.9 Å². The van der Waals surface area contributed by atoms with Crippen LogP contribution >= 0.6 is 0 Å². The number of benzene rings is 2. The Morgan fingerprint density at radius 2 is 1.92 bits per heavy atom. The van der Waals surface area contributed by atoms with Gasteiger partial charge in [-0.25, -0.2) is 13.5 Å². The van der Waals surface area contributed by atoms with Crippen LogP contribution in [0.4, 0.5) is 8.78 Å². The van der Waals surface area contributed by atoms with Gasteiger partial charge < -0.3 is 14.7 Å². The largest absolute Gasteiger partial charge is 0.462 e. The summed E-state index contributed by atoms with van der Waals surface area (Å²) in [5.41, 5.74) is 2.99. The van der Waals surface area contributed by atoms with Gasteiger partial charge in [0.1, 0.15) is 17.7 Å². The molecule has 0 radical (unpaired) electrons. The predicted molar refractivity (Wildman–Crippen MR) is 133 cm³/mol. The average Bonchev–Trinajstić information content (AvgIpc) is 3.22. The highest BCUT2D eigenvalue weighted by molar-refractivity contribution is 5.94. The highest BCUT2D eigenvalue weighted by Crippen LogP contribution is 2.30. The Labute approximate surface area is 214 Å². The summed E-state index contributed by atoms with van der Waals surface area (Å²) < 4.78 is 34.4. The fraction of sp³-hybridized carbons (Fsp3) is 0.393. The summed E-state index contributed by atoms with van der Waals surface area (Å²) in [6.07, 6.45) is -0.0206. The number of cyclic esters (lactones) is 1. The number of hydrogen-bond donors (Lipinski definition) is 1. The van der Waals surface area contributed by atoms with E-state index in [1.165, 1.54) is 29.2 Å². The molecule has 2 aromatic carbocycles. The van der Waals surface area contributed by atoms with E-state index < -0.39 is 24.0 Å². The van der Waals surface area contributed by atoms with Crippen LogP contribution < -0.4 is 0 Å². The average molecular weight is 512 g/mol. The van der Waals surface area contributed by atoms with E-state index in [4.69, 9.17) is 4.74 Å². The molecule has 2 heterocycles. The van der Waals surface area contributed by atoms with Crippen LogP contribution in [0.15, 0.2) is 48.5 Å². The Bertz CT molecular complexity index is 1270. The standard InChI is InChI=1S/C28H31F2N3O4/c1-17(2)26-24(12-11-23-14-22(34)15-25(35)37-23)33(21-9-7-19(29)8-10-21)31-27(26)28(36)32(3)16-18-5-4-6-20(30)13-18/h4-10,13,17,22-23,34H,11-12,14-16H2,1-3H3. The zero-order valence-corrected chi connectivity index (χ0v) is 21.2. The van der Waals surface area contributed by atoms with Crippen LogP contribution in [0.3, 0.4) is 0 Å². The van der Waals surface area contributed by atoms with Gasteiger partial charge in [-0.1, -0.05) is 26.0 Å². The molecule has 1 N–H and O–H groups in total. The van der Waals surface area contributed by atoms with E-state index in [-0.39, 0.29) is 36.3 Å². The summed E-state index contributed by atoms with van der Waals surface area (Å²) in [6.45, 7) is 4.12. The minimum Gasteiger partial charge on any atom is -0.462 e. The molecule has 0 saturated carbocycles. The summed E-state index contributed by atoms with van der Waals surface area (Å²) in [5, 5.41) is 14.7. The van der Waals surface area contributed by atoms with Crippen LogP contribution in [-0.2, 0) is 22.5 Å². The van der Waals surface area contributed by atoms with Crippen LogP contribution in [0.5, 0.6) is 0 Å². The monoisotopic (exact) mass is 511 g/mol. The summed E-state index contributed by atoms with van der Waals surface area (Å²) in [4.78, 5) is 26.9. The van der Waals surface area contributed by atoms with Crippen molar-refractivity contribution in [2.24, 2.45) is 0 Å². The SMILES string of the molecule is CC(C)c1c(C(=O)N(C)Cc2cccc(F)c2)nn(-c2ccc(F)cc2)c1CCC1CC(O)CC(=O)O1. The van der Waals surface area contributed by atoms with Crippen LogP contribution in [-0.4, -0.2) is 50.9 Å². The molecular formula is C28H31F2N3O4. The Morgan fingerprint density at radius 3 is 2.57 bits per heavy atom. The molecule has 1 aromatic heterocycles. The van der Waals surface area contributed by atoms with E-state index in [2.05, 4.69) is 5.10 Å². The van der Waals surface area contributed by atoms with E-state index in [1.54, 1.807) is 36.0 Å². The molecule has 1 amide bonds. The van der Waals surface area contributed by atoms with E-state index in [0.717, 1.165) is 11.3 Å². The van der Waals surface area contributed by atoms with E-state index >= 15 is 0 Å². The lowest BCUT2D eigenvalue weighted by Crippen LogP contribution is -2.33. The molecule has 0 aliphatic carbocycles. The number of ether oxygens (including phenoxy) is 1. The number of carbonyl (C=O) groups excluding carboxylic acids is 2. The molecule has 1 saturated heterocycles. The minimum absolute atomic E-state index is 0.0163. The molecule has 1 aliphatic rings. The van der Waals surface area contributed by atoms with Gasteiger partial charge in [0.15, 0.2) is 5.69 Å². The molecule has 7 nitrogen and oxygen atoms in total. The number of aromatic nitrogens is 2. The number of amides is 1. The predicted octanol–water partition coefficient (Wildman–Crippen LogP) is 4.55. The van der Waals surface area contributed by atoms with Crippen molar-refractivity contribution in [3.8, 4) is 5.69 Å². The second-order valence-corrected chi connectivity index (χ2v) is 9.79. The van der Waals surface area contributed by atoms with Gasteiger partial charge >= 0.3 is 5.97 Å². The first kappa shape index (κ1) is 26.5. The summed E-state index contributed by atoms with van der Waals surface area (Å²) >= 11 is 0. The molecular weight excluding hydrogens is 480 g/mol. The molecule has 1 aliphatic heterocycles. The Kier molecular flexibility index (Phi) is 8.02. The number of hydrogen-bond acceptors (Lipinski definition) is 5. The second-order valence-electron chi connectivity index (χ2n) is 9.79. The molecule has 1 fully saturated rings. The number of halogens is 2. The third-order valence-corrected chi connectivity index (χ3v) is 6.47. The molecule has 9 heteroatoms. The Hall–Kier alpha value is -3.59. The number of aliphatic hydroxyl groups is 1. The molecule has 0 bridgehead atoms. The molecule has 3 aromatic rings. The van der Waals surface area contributed by atoms with Crippen LogP contribution in [0, 0.1) is 11.6 Å². The van der Waals surface area contributed by atoms with Gasteiger partial charge in [-0.05, 0) is 60.7 Å². The number of carbonyl (C=O) groups is 2. The maximum atomic E-state index is 13.7. The van der Waals surface area contributed by atoms with Crippen molar-refractivity contribution in [2.75, 3.05) is 7.05 Å². The van der Waals surface area contributed by atoms with Crippen molar-refractivity contribution < 1.29 is 28.2 Å². The number of esters is 1. The molecule has 196 valence electrons. The van der Waals surface area contributed by atoms with Gasteiger partial charge in [0.05, 0.1) is 18.2 Å². The zero-order chi connectivity index (χ0) is 26.7. The number of nitrogens with zero attached hydrogens (tertiary/aromatic N) is 3. The second kappa shape index (κ2) is 11.2. The van der Waals surface area contributed by atoms with E-state index in [1.807, 2.05) is 13.8 Å². The van der Waals surface area contributed by atoms with Gasteiger partial charge in [0, 0.05) is 31.3 Å². The maximum Gasteiger partial charge on any atom is 0.308 e. The normalized spacial score (nSPS) is 17.6. The molecule has 4 rings (SSSR count). The molecule has 37 heavy (non-hydrogen) atoms. The fourth-order valence-corrected chi connectivity index (χ4v) is 4.76. The topological polar surface area (TPSA) is 84.7 Å². The van der Waals surface area contributed by atoms with Gasteiger partial charge in [-0.2, -0.15) is 5.10 Å². The van der Waals surface area contributed by atoms with Gasteiger partial charge in [-0.15, -0.1) is 0 Å². The number of rotatable bonds is 8. The first-order chi connectivity index (χ1) is 17.6. The number of aliphatic hydroxyl groups excluding tert-OH is 1. The van der Waals surface area contributed by atoms with Crippen molar-refractivity contribution in [2.45, 2.75) is 64.2 Å². The quantitative estimate of drug-likeness (QED) is 0.449. The van der Waals surface area contributed by atoms with Crippen molar-refractivity contribution in [3.63, 3.8) is 0 Å². The first-order valence-electron chi connectivity index (χ1n) is 12.4. The van der Waals surface area contributed by atoms with Crippen molar-refractivity contribution in [3.05, 3.63) is 82.7 Å². The molecule has 2 unspecified atom stereocenters. The fourth-order valence-electron chi connectivity index (χ4n) is 4.76. The lowest BCUT2D eigenvalue weighted by atomic mass is 9.94. The Morgan fingerprint density at radius 1 is 1.19 bits per heavy atom. The summed E-state index contributed by atoms with van der Waals surface area (Å²) in [6, 6.07) is 11.9. The van der Waals surface area contributed by atoms with Gasteiger partial charge in [-0.3, -0.25) is 9.59 Å². The molecule has 0 spiro atoms. The van der Waals surface area contributed by atoms with Crippen LogP contribution in [0.2, 0.25) is 0 Å². The highest BCUT2D eigenvalue weighted by Gasteiger charge is 2.31. The molecule has 2 atom stereocenters. The third kappa shape index (κ3) is 6.22. The zero-order valence-electron chi connectivity index (χ0n) is 21.2. The van der Waals surface area contributed by atoms with Gasteiger partial charge in [0.25, 0.3) is 5.91 Å². The van der Waals surface area contributed by atoms with Crippen molar-refractivity contribution in [1.29, 1.82) is 0 Å². The third-order valence-electron chi connectivity index (χ3n) is 6.47. The maximum absolute atomic E-state index is 13.7. The Balaban J connectivity index is 1.70. The van der Waals surface area contributed by atoms with Gasteiger partial charge in [0.2, 0.25) is 0 Å². The van der Waals surface area contributed by atoms with E-state index in [0.29, 0.717) is 30.5 Å². The lowest BCUT2D eigenvalue weighted by molar-refractivity contribution is -0.160.